The Balaban J connectivity index is 1.92. The molecule has 0 bridgehead atoms. The second-order valence-electron chi connectivity index (χ2n) is 7.43. The third-order valence-electron chi connectivity index (χ3n) is 3.81. The SMILES string of the molecule is CN(C)CC(C)(C)CNC(=O)c1cccc(NC(=O)C2CC2)c1. The fourth-order valence-electron chi connectivity index (χ4n) is 2.66. The van der Waals surface area contributed by atoms with Crippen LogP contribution >= 0.6 is 0 Å². The zero-order chi connectivity index (χ0) is 17.0. The van der Waals surface area contributed by atoms with Crippen molar-refractivity contribution in [3.8, 4) is 0 Å². The summed E-state index contributed by atoms with van der Waals surface area (Å²) in [6, 6.07) is 7.10. The lowest BCUT2D eigenvalue weighted by Gasteiger charge is -2.28. The second-order valence-corrected chi connectivity index (χ2v) is 7.43. The summed E-state index contributed by atoms with van der Waals surface area (Å²) in [5, 5.41) is 5.85. The van der Waals surface area contributed by atoms with E-state index in [9.17, 15) is 9.59 Å². The molecule has 0 aromatic heterocycles. The molecule has 126 valence electrons. The van der Waals surface area contributed by atoms with E-state index in [1.165, 1.54) is 0 Å². The lowest BCUT2D eigenvalue weighted by molar-refractivity contribution is -0.117. The molecule has 0 saturated heterocycles. The summed E-state index contributed by atoms with van der Waals surface area (Å²) in [7, 11) is 4.05. The molecular weight excluding hydrogens is 290 g/mol. The molecule has 0 aliphatic heterocycles. The first kappa shape index (κ1) is 17.5. The van der Waals surface area contributed by atoms with E-state index in [-0.39, 0.29) is 23.1 Å². The molecule has 1 aliphatic carbocycles. The predicted octanol–water partition coefficient (Wildman–Crippen LogP) is 2.35. The highest BCUT2D eigenvalue weighted by molar-refractivity contribution is 5.98. The molecule has 0 atom stereocenters. The molecule has 0 radical (unpaired) electrons. The van der Waals surface area contributed by atoms with Crippen LogP contribution in [0.1, 0.15) is 37.0 Å². The number of anilines is 1. The van der Waals surface area contributed by atoms with E-state index in [2.05, 4.69) is 29.4 Å². The molecular formula is C18H27N3O2. The van der Waals surface area contributed by atoms with Crippen molar-refractivity contribution in [2.45, 2.75) is 26.7 Å². The predicted molar refractivity (Wildman–Crippen MR) is 92.5 cm³/mol. The molecule has 0 heterocycles. The monoisotopic (exact) mass is 317 g/mol. The summed E-state index contributed by atoms with van der Waals surface area (Å²) in [4.78, 5) is 26.2. The van der Waals surface area contributed by atoms with Gasteiger partial charge in [0.1, 0.15) is 0 Å². The quantitative estimate of drug-likeness (QED) is 0.811. The first-order chi connectivity index (χ1) is 10.8. The maximum Gasteiger partial charge on any atom is 0.251 e. The minimum Gasteiger partial charge on any atom is -0.351 e. The van der Waals surface area contributed by atoms with Crippen LogP contribution in [0.2, 0.25) is 0 Å². The maximum atomic E-state index is 12.3. The molecule has 2 amide bonds. The van der Waals surface area contributed by atoms with Gasteiger partial charge in [-0.15, -0.1) is 0 Å². The van der Waals surface area contributed by atoms with Crippen LogP contribution in [0, 0.1) is 11.3 Å². The third kappa shape index (κ3) is 5.67. The highest BCUT2D eigenvalue weighted by atomic mass is 16.2. The number of nitrogens with zero attached hydrogens (tertiary/aromatic N) is 1. The minimum absolute atomic E-state index is 0.00302. The molecule has 5 heteroatoms. The number of carbonyl (C=O) groups excluding carboxylic acids is 2. The van der Waals surface area contributed by atoms with Gasteiger partial charge in [0.25, 0.3) is 5.91 Å². The first-order valence-corrected chi connectivity index (χ1v) is 8.11. The molecule has 5 nitrogen and oxygen atoms in total. The van der Waals surface area contributed by atoms with Crippen molar-refractivity contribution in [1.29, 1.82) is 0 Å². The number of rotatable bonds is 7. The highest BCUT2D eigenvalue weighted by Gasteiger charge is 2.29. The van der Waals surface area contributed by atoms with E-state index in [1.807, 2.05) is 20.2 Å². The van der Waals surface area contributed by atoms with Crippen molar-refractivity contribution in [3.63, 3.8) is 0 Å². The van der Waals surface area contributed by atoms with Crippen molar-refractivity contribution >= 4 is 17.5 Å². The van der Waals surface area contributed by atoms with Crippen LogP contribution < -0.4 is 10.6 Å². The van der Waals surface area contributed by atoms with Crippen LogP contribution in [-0.4, -0.2) is 43.9 Å². The summed E-state index contributed by atoms with van der Waals surface area (Å²) < 4.78 is 0. The molecule has 1 aromatic carbocycles. The van der Waals surface area contributed by atoms with E-state index in [4.69, 9.17) is 0 Å². The summed E-state index contributed by atoms with van der Waals surface area (Å²) in [6.07, 6.45) is 1.93. The Bertz CT molecular complexity index is 577. The normalized spacial score (nSPS) is 14.7. The van der Waals surface area contributed by atoms with Crippen LogP contribution in [-0.2, 0) is 4.79 Å². The standard InChI is InChI=1S/C18H27N3O2/c1-18(2,12-21(3)4)11-19-16(22)14-6-5-7-15(10-14)20-17(23)13-8-9-13/h5-7,10,13H,8-9,11-12H2,1-4H3,(H,19,22)(H,20,23). The zero-order valence-electron chi connectivity index (χ0n) is 14.5. The van der Waals surface area contributed by atoms with Crippen LogP contribution in [0.4, 0.5) is 5.69 Å². The Labute approximate surface area is 138 Å². The molecule has 0 unspecified atom stereocenters. The van der Waals surface area contributed by atoms with Gasteiger partial charge in [0, 0.05) is 30.3 Å². The Morgan fingerprint density at radius 2 is 1.96 bits per heavy atom. The van der Waals surface area contributed by atoms with Gasteiger partial charge in [0.2, 0.25) is 5.91 Å². The molecule has 2 rings (SSSR count). The summed E-state index contributed by atoms with van der Waals surface area (Å²) in [6.45, 7) is 5.74. The number of hydrogen-bond donors (Lipinski definition) is 2. The molecule has 23 heavy (non-hydrogen) atoms. The van der Waals surface area contributed by atoms with Crippen LogP contribution in [0.25, 0.3) is 0 Å². The van der Waals surface area contributed by atoms with Crippen molar-refractivity contribution in [1.82, 2.24) is 10.2 Å². The first-order valence-electron chi connectivity index (χ1n) is 8.11. The van der Waals surface area contributed by atoms with Crippen molar-refractivity contribution in [2.24, 2.45) is 11.3 Å². The molecule has 0 spiro atoms. The zero-order valence-corrected chi connectivity index (χ0v) is 14.5. The van der Waals surface area contributed by atoms with Gasteiger partial charge >= 0.3 is 0 Å². The summed E-state index contributed by atoms with van der Waals surface area (Å²) >= 11 is 0. The van der Waals surface area contributed by atoms with Gasteiger partial charge < -0.3 is 15.5 Å². The van der Waals surface area contributed by atoms with E-state index >= 15 is 0 Å². The van der Waals surface area contributed by atoms with Gasteiger partial charge in [0.05, 0.1) is 0 Å². The Hall–Kier alpha value is -1.88. The van der Waals surface area contributed by atoms with Crippen molar-refractivity contribution < 1.29 is 9.59 Å². The van der Waals surface area contributed by atoms with Gasteiger partial charge in [-0.05, 0) is 50.6 Å². The van der Waals surface area contributed by atoms with Crippen LogP contribution in [0.5, 0.6) is 0 Å². The topological polar surface area (TPSA) is 61.4 Å². The summed E-state index contributed by atoms with van der Waals surface area (Å²) in [5.41, 5.74) is 1.25. The molecule has 1 aromatic rings. The van der Waals surface area contributed by atoms with E-state index in [0.717, 1.165) is 19.4 Å². The smallest absolute Gasteiger partial charge is 0.251 e. The van der Waals surface area contributed by atoms with Crippen LogP contribution in [0.3, 0.4) is 0 Å². The number of nitrogens with one attached hydrogen (secondary N) is 2. The Morgan fingerprint density at radius 1 is 1.26 bits per heavy atom. The maximum absolute atomic E-state index is 12.3. The average molecular weight is 317 g/mol. The van der Waals surface area contributed by atoms with Crippen LogP contribution in [0.15, 0.2) is 24.3 Å². The lowest BCUT2D eigenvalue weighted by Crippen LogP contribution is -2.40. The minimum atomic E-state index is -0.112. The largest absolute Gasteiger partial charge is 0.351 e. The second kappa shape index (κ2) is 7.13. The molecule has 1 saturated carbocycles. The van der Waals surface area contributed by atoms with E-state index < -0.39 is 0 Å². The number of benzene rings is 1. The highest BCUT2D eigenvalue weighted by Crippen LogP contribution is 2.30. The van der Waals surface area contributed by atoms with Gasteiger partial charge in [-0.1, -0.05) is 19.9 Å². The van der Waals surface area contributed by atoms with Gasteiger partial charge in [-0.2, -0.15) is 0 Å². The Morgan fingerprint density at radius 3 is 2.57 bits per heavy atom. The van der Waals surface area contributed by atoms with Crippen molar-refractivity contribution in [2.75, 3.05) is 32.5 Å². The van der Waals surface area contributed by atoms with Gasteiger partial charge in [-0.3, -0.25) is 9.59 Å². The number of amides is 2. The van der Waals surface area contributed by atoms with E-state index in [0.29, 0.717) is 17.8 Å². The fourth-order valence-corrected chi connectivity index (χ4v) is 2.66. The number of hydrogen-bond acceptors (Lipinski definition) is 3. The molecule has 2 N–H and O–H groups in total. The summed E-state index contributed by atoms with van der Waals surface area (Å²) in [5.74, 6) is 0.0911. The Kier molecular flexibility index (Phi) is 5.42. The number of carbonyl (C=O) groups is 2. The van der Waals surface area contributed by atoms with E-state index in [1.54, 1.807) is 18.2 Å². The molecule has 1 fully saturated rings. The fraction of sp³-hybridized carbons (Fsp3) is 0.556. The van der Waals surface area contributed by atoms with Crippen molar-refractivity contribution in [3.05, 3.63) is 29.8 Å². The molecule has 1 aliphatic rings. The average Bonchev–Trinajstić information content (AvgIpc) is 3.28. The van der Waals surface area contributed by atoms with Gasteiger partial charge in [0.15, 0.2) is 0 Å². The third-order valence-corrected chi connectivity index (χ3v) is 3.81. The van der Waals surface area contributed by atoms with Gasteiger partial charge in [-0.25, -0.2) is 0 Å². The lowest BCUT2D eigenvalue weighted by atomic mass is 9.93.